The molecular formula is C19H26N4O2. The fourth-order valence-corrected chi connectivity index (χ4v) is 3.32. The Morgan fingerprint density at radius 3 is 2.80 bits per heavy atom. The van der Waals surface area contributed by atoms with Crippen LogP contribution in [-0.2, 0) is 13.6 Å². The summed E-state index contributed by atoms with van der Waals surface area (Å²) in [6, 6.07) is 8.33. The summed E-state index contributed by atoms with van der Waals surface area (Å²) >= 11 is 0. The molecule has 1 aliphatic rings. The van der Waals surface area contributed by atoms with Crippen LogP contribution in [0.2, 0.25) is 0 Å². The number of aryl methyl sites for hydroxylation is 1. The van der Waals surface area contributed by atoms with Crippen LogP contribution < -0.4 is 4.74 Å². The van der Waals surface area contributed by atoms with Gasteiger partial charge in [0, 0.05) is 51.0 Å². The molecule has 2 heterocycles. The highest BCUT2D eigenvalue weighted by molar-refractivity contribution is 5.92. The number of amides is 1. The number of para-hydroxylation sites is 1. The highest BCUT2D eigenvalue weighted by Crippen LogP contribution is 2.22. The Labute approximate surface area is 149 Å². The van der Waals surface area contributed by atoms with Crippen LogP contribution >= 0.6 is 0 Å². The van der Waals surface area contributed by atoms with Crippen molar-refractivity contribution in [2.24, 2.45) is 7.05 Å². The third-order valence-corrected chi connectivity index (χ3v) is 4.56. The number of carbonyl (C=O) groups excluding carboxylic acids is 1. The summed E-state index contributed by atoms with van der Waals surface area (Å²) in [6.45, 7) is 8.02. The van der Waals surface area contributed by atoms with Gasteiger partial charge in [0.15, 0.2) is 0 Å². The summed E-state index contributed by atoms with van der Waals surface area (Å²) < 4.78 is 7.53. The molecule has 6 nitrogen and oxygen atoms in total. The monoisotopic (exact) mass is 342 g/mol. The summed E-state index contributed by atoms with van der Waals surface area (Å²) in [5, 5.41) is 0. The maximum atomic E-state index is 12.6. The van der Waals surface area contributed by atoms with E-state index in [4.69, 9.17) is 4.74 Å². The summed E-state index contributed by atoms with van der Waals surface area (Å²) in [4.78, 5) is 21.1. The van der Waals surface area contributed by atoms with E-state index in [1.54, 1.807) is 17.1 Å². The quantitative estimate of drug-likeness (QED) is 0.836. The van der Waals surface area contributed by atoms with Gasteiger partial charge in [0.1, 0.15) is 11.4 Å². The molecule has 134 valence electrons. The van der Waals surface area contributed by atoms with Gasteiger partial charge in [-0.3, -0.25) is 9.69 Å². The first-order valence-corrected chi connectivity index (χ1v) is 8.80. The van der Waals surface area contributed by atoms with E-state index in [1.807, 2.05) is 37.1 Å². The Hall–Kier alpha value is -2.34. The average Bonchev–Trinajstić information content (AvgIpc) is 3.03. The largest absolute Gasteiger partial charge is 0.494 e. The second kappa shape index (κ2) is 7.70. The van der Waals surface area contributed by atoms with Crippen molar-refractivity contribution in [1.29, 1.82) is 0 Å². The van der Waals surface area contributed by atoms with E-state index in [0.717, 1.165) is 25.4 Å². The van der Waals surface area contributed by atoms with Crippen LogP contribution in [0.25, 0.3) is 0 Å². The standard InChI is InChI=1S/C19H26N4O2/c1-4-25-18-8-6-5-7-16(18)12-22-9-10-23(15(2)11-22)19(24)17-13-21(3)14-20-17/h5-8,13-15H,4,9-12H2,1-3H3/t15-/m1/s1. The van der Waals surface area contributed by atoms with Gasteiger partial charge in [0.05, 0.1) is 12.9 Å². The van der Waals surface area contributed by atoms with E-state index in [2.05, 4.69) is 22.9 Å². The lowest BCUT2D eigenvalue weighted by atomic mass is 10.1. The summed E-state index contributed by atoms with van der Waals surface area (Å²) in [5.41, 5.74) is 1.71. The molecule has 3 rings (SSSR count). The van der Waals surface area contributed by atoms with Crippen LogP contribution in [0.1, 0.15) is 29.9 Å². The number of hydrogen-bond acceptors (Lipinski definition) is 4. The number of imidazole rings is 1. The van der Waals surface area contributed by atoms with Crippen LogP contribution in [0.4, 0.5) is 0 Å². The molecule has 1 aliphatic heterocycles. The van der Waals surface area contributed by atoms with Gasteiger partial charge in [-0.05, 0) is 19.9 Å². The van der Waals surface area contributed by atoms with Crippen LogP contribution in [0.3, 0.4) is 0 Å². The lowest BCUT2D eigenvalue weighted by Crippen LogP contribution is -2.53. The van der Waals surface area contributed by atoms with E-state index < -0.39 is 0 Å². The van der Waals surface area contributed by atoms with Gasteiger partial charge in [-0.2, -0.15) is 0 Å². The molecule has 25 heavy (non-hydrogen) atoms. The first-order chi connectivity index (χ1) is 12.1. The van der Waals surface area contributed by atoms with Gasteiger partial charge in [0.25, 0.3) is 5.91 Å². The molecule has 1 aromatic carbocycles. The Bertz CT molecular complexity index is 728. The number of benzene rings is 1. The molecule has 0 unspecified atom stereocenters. The minimum absolute atomic E-state index is 0.0162. The second-order valence-electron chi connectivity index (χ2n) is 6.55. The maximum absolute atomic E-state index is 12.6. The molecule has 1 atom stereocenters. The number of piperazine rings is 1. The van der Waals surface area contributed by atoms with Crippen molar-refractivity contribution in [3.63, 3.8) is 0 Å². The number of carbonyl (C=O) groups is 1. The Kier molecular flexibility index (Phi) is 5.38. The average molecular weight is 342 g/mol. The van der Waals surface area contributed by atoms with Gasteiger partial charge in [-0.1, -0.05) is 18.2 Å². The van der Waals surface area contributed by atoms with E-state index in [9.17, 15) is 4.79 Å². The number of nitrogens with zero attached hydrogens (tertiary/aromatic N) is 4. The Morgan fingerprint density at radius 2 is 2.12 bits per heavy atom. The SMILES string of the molecule is CCOc1ccccc1CN1CCN(C(=O)c2cn(C)cn2)[C@H](C)C1. The van der Waals surface area contributed by atoms with Crippen molar-refractivity contribution in [3.8, 4) is 5.75 Å². The van der Waals surface area contributed by atoms with Crippen molar-refractivity contribution in [2.75, 3.05) is 26.2 Å². The topological polar surface area (TPSA) is 50.6 Å². The highest BCUT2D eigenvalue weighted by Gasteiger charge is 2.29. The second-order valence-corrected chi connectivity index (χ2v) is 6.55. The summed E-state index contributed by atoms with van der Waals surface area (Å²) in [5.74, 6) is 0.965. The van der Waals surface area contributed by atoms with Gasteiger partial charge < -0.3 is 14.2 Å². The first kappa shape index (κ1) is 17.5. The molecule has 0 spiro atoms. The third-order valence-electron chi connectivity index (χ3n) is 4.56. The molecule has 6 heteroatoms. The van der Waals surface area contributed by atoms with Gasteiger partial charge >= 0.3 is 0 Å². The number of hydrogen-bond donors (Lipinski definition) is 0. The lowest BCUT2D eigenvalue weighted by Gasteiger charge is -2.39. The normalized spacial score (nSPS) is 18.4. The smallest absolute Gasteiger partial charge is 0.274 e. The van der Waals surface area contributed by atoms with E-state index >= 15 is 0 Å². The van der Waals surface area contributed by atoms with Crippen molar-refractivity contribution >= 4 is 5.91 Å². The fraction of sp³-hybridized carbons (Fsp3) is 0.474. The molecule has 1 aromatic heterocycles. The molecule has 0 N–H and O–H groups in total. The summed E-state index contributed by atoms with van der Waals surface area (Å²) in [6.07, 6.45) is 3.44. The van der Waals surface area contributed by atoms with Crippen molar-refractivity contribution < 1.29 is 9.53 Å². The maximum Gasteiger partial charge on any atom is 0.274 e. The molecule has 1 amide bonds. The number of aromatic nitrogens is 2. The van der Waals surface area contributed by atoms with Crippen LogP contribution in [0, 0.1) is 0 Å². The van der Waals surface area contributed by atoms with Crippen molar-refractivity contribution in [1.82, 2.24) is 19.4 Å². The number of rotatable bonds is 5. The minimum atomic E-state index is 0.0162. The molecule has 2 aromatic rings. The van der Waals surface area contributed by atoms with Gasteiger partial charge in [-0.25, -0.2) is 4.98 Å². The molecule has 0 aliphatic carbocycles. The van der Waals surface area contributed by atoms with Crippen molar-refractivity contribution in [3.05, 3.63) is 48.0 Å². The van der Waals surface area contributed by atoms with Crippen molar-refractivity contribution in [2.45, 2.75) is 26.4 Å². The zero-order valence-electron chi connectivity index (χ0n) is 15.2. The number of ether oxygens (including phenoxy) is 1. The van der Waals surface area contributed by atoms with Crippen LogP contribution in [0.5, 0.6) is 5.75 Å². The molecule has 0 bridgehead atoms. The predicted octanol–water partition coefficient (Wildman–Crippen LogP) is 2.17. The third kappa shape index (κ3) is 4.02. The van der Waals surface area contributed by atoms with Crippen LogP contribution in [0.15, 0.2) is 36.8 Å². The molecule has 1 fully saturated rings. The molecule has 0 radical (unpaired) electrons. The van der Waals surface area contributed by atoms with E-state index in [0.29, 0.717) is 18.8 Å². The molecule has 0 saturated carbocycles. The Balaban J connectivity index is 1.63. The lowest BCUT2D eigenvalue weighted by molar-refractivity contribution is 0.0468. The first-order valence-electron chi connectivity index (χ1n) is 8.80. The van der Waals surface area contributed by atoms with E-state index in [-0.39, 0.29) is 11.9 Å². The minimum Gasteiger partial charge on any atom is -0.494 e. The fourth-order valence-electron chi connectivity index (χ4n) is 3.32. The molecular weight excluding hydrogens is 316 g/mol. The van der Waals surface area contributed by atoms with E-state index in [1.165, 1.54) is 5.56 Å². The van der Waals surface area contributed by atoms with Crippen LogP contribution in [-0.4, -0.2) is 57.5 Å². The van der Waals surface area contributed by atoms with Gasteiger partial charge in [-0.15, -0.1) is 0 Å². The molecule has 1 saturated heterocycles. The summed E-state index contributed by atoms with van der Waals surface area (Å²) in [7, 11) is 1.88. The highest BCUT2D eigenvalue weighted by atomic mass is 16.5. The zero-order valence-corrected chi connectivity index (χ0v) is 15.2. The Morgan fingerprint density at radius 1 is 1.32 bits per heavy atom. The zero-order chi connectivity index (χ0) is 17.8. The predicted molar refractivity (Wildman–Crippen MR) is 96.6 cm³/mol. The van der Waals surface area contributed by atoms with Gasteiger partial charge in [0.2, 0.25) is 0 Å².